The van der Waals surface area contributed by atoms with E-state index < -0.39 is 0 Å². The molecule has 1 aromatic rings. The van der Waals surface area contributed by atoms with Gasteiger partial charge in [-0.15, -0.1) is 0 Å². The molecule has 0 amide bonds. The van der Waals surface area contributed by atoms with E-state index in [4.69, 9.17) is 0 Å². The predicted octanol–water partition coefficient (Wildman–Crippen LogP) is 2.36. The van der Waals surface area contributed by atoms with E-state index in [-0.39, 0.29) is 0 Å². The Balaban J connectivity index is 2.54. The summed E-state index contributed by atoms with van der Waals surface area (Å²) in [4.78, 5) is 8.64. The summed E-state index contributed by atoms with van der Waals surface area (Å²) in [5.74, 6) is 0. The maximum absolute atomic E-state index is 4.41. The van der Waals surface area contributed by atoms with Gasteiger partial charge >= 0.3 is 0 Å². The first kappa shape index (κ1) is 7.22. The summed E-state index contributed by atoms with van der Waals surface area (Å²) in [6.45, 7) is 2.71. The van der Waals surface area contributed by atoms with Crippen molar-refractivity contribution in [1.82, 2.24) is 0 Å². The monoisotopic (exact) mass is 158 g/mol. The average molecular weight is 158 g/mol. The van der Waals surface area contributed by atoms with Crippen LogP contribution in [-0.4, -0.2) is 11.9 Å². The molecule has 0 aromatic heterocycles. The van der Waals surface area contributed by atoms with Crippen LogP contribution in [0.4, 0.5) is 5.69 Å². The van der Waals surface area contributed by atoms with Crippen LogP contribution in [0.2, 0.25) is 0 Å². The van der Waals surface area contributed by atoms with Crippen LogP contribution in [0.5, 0.6) is 0 Å². The summed E-state index contributed by atoms with van der Waals surface area (Å²) >= 11 is 0. The Morgan fingerprint density at radius 2 is 2.08 bits per heavy atom. The van der Waals surface area contributed by atoms with E-state index >= 15 is 0 Å². The van der Waals surface area contributed by atoms with E-state index in [0.29, 0.717) is 0 Å². The van der Waals surface area contributed by atoms with Crippen molar-refractivity contribution in [1.29, 1.82) is 0 Å². The molecular weight excluding hydrogens is 148 g/mol. The maximum Gasteiger partial charge on any atom is 0.0684 e. The highest BCUT2D eigenvalue weighted by molar-refractivity contribution is 6.30. The third kappa shape index (κ3) is 1.28. The quantitative estimate of drug-likeness (QED) is 0.553. The Kier molecular flexibility index (Phi) is 1.74. The summed E-state index contributed by atoms with van der Waals surface area (Å²) in [5.41, 5.74) is 3.22. The molecule has 0 saturated carbocycles. The van der Waals surface area contributed by atoms with Gasteiger partial charge in [0.2, 0.25) is 0 Å². The summed E-state index contributed by atoms with van der Waals surface area (Å²) in [5, 5.41) is 0. The molecule has 2 heteroatoms. The van der Waals surface area contributed by atoms with Gasteiger partial charge in [0, 0.05) is 6.21 Å². The largest absolute Gasteiger partial charge is 0.286 e. The van der Waals surface area contributed by atoms with E-state index in [9.17, 15) is 0 Å². The molecule has 1 aliphatic heterocycles. The van der Waals surface area contributed by atoms with Crippen LogP contribution in [0.25, 0.3) is 0 Å². The van der Waals surface area contributed by atoms with E-state index in [1.165, 1.54) is 5.56 Å². The number of hydrogen-bond donors (Lipinski definition) is 0. The first-order chi connectivity index (χ1) is 5.86. The molecule has 0 atom stereocenters. The zero-order valence-corrected chi connectivity index (χ0v) is 6.99. The van der Waals surface area contributed by atoms with Crippen LogP contribution in [-0.2, 0) is 6.54 Å². The number of hydrogen-bond acceptors (Lipinski definition) is 2. The zero-order chi connectivity index (χ0) is 8.39. The van der Waals surface area contributed by atoms with Crippen LogP contribution in [0.3, 0.4) is 0 Å². The first-order valence-electron chi connectivity index (χ1n) is 3.99. The lowest BCUT2D eigenvalue weighted by atomic mass is 10.2. The van der Waals surface area contributed by atoms with Gasteiger partial charge in [-0.25, -0.2) is 0 Å². The smallest absolute Gasteiger partial charge is 0.0684 e. The number of fused-ring (bicyclic) bond motifs is 1. The molecule has 1 heterocycles. The van der Waals surface area contributed by atoms with Crippen LogP contribution < -0.4 is 0 Å². The molecule has 0 radical (unpaired) electrons. The Labute approximate surface area is 71.7 Å². The first-order valence-corrected chi connectivity index (χ1v) is 3.99. The summed E-state index contributed by atoms with van der Waals surface area (Å²) < 4.78 is 0. The molecule has 60 valence electrons. The van der Waals surface area contributed by atoms with Crippen molar-refractivity contribution in [2.24, 2.45) is 9.98 Å². The van der Waals surface area contributed by atoms with Crippen molar-refractivity contribution >= 4 is 17.6 Å². The lowest BCUT2D eigenvalue weighted by Gasteiger charge is -1.98. The van der Waals surface area contributed by atoms with E-state index in [1.54, 1.807) is 0 Å². The van der Waals surface area contributed by atoms with Gasteiger partial charge in [0.05, 0.1) is 17.9 Å². The third-order valence-corrected chi connectivity index (χ3v) is 1.83. The SMILES string of the molecule is CC1=Nc2ccccc2CN=C1. The zero-order valence-electron chi connectivity index (χ0n) is 6.99. The van der Waals surface area contributed by atoms with Crippen molar-refractivity contribution < 1.29 is 0 Å². The van der Waals surface area contributed by atoms with Gasteiger partial charge in [-0.05, 0) is 18.6 Å². The van der Waals surface area contributed by atoms with Gasteiger partial charge in [0.25, 0.3) is 0 Å². The minimum atomic E-state index is 0.747. The second-order valence-electron chi connectivity index (χ2n) is 2.85. The van der Waals surface area contributed by atoms with Crippen LogP contribution in [0.1, 0.15) is 12.5 Å². The fourth-order valence-electron chi connectivity index (χ4n) is 1.25. The van der Waals surface area contributed by atoms with Crippen molar-refractivity contribution in [3.63, 3.8) is 0 Å². The van der Waals surface area contributed by atoms with Crippen molar-refractivity contribution in [2.45, 2.75) is 13.5 Å². The molecule has 0 saturated heterocycles. The Hall–Kier alpha value is -1.44. The van der Waals surface area contributed by atoms with Crippen LogP contribution >= 0.6 is 0 Å². The number of rotatable bonds is 0. The molecule has 0 N–H and O–H groups in total. The molecule has 2 rings (SSSR count). The standard InChI is InChI=1S/C10H10N2/c1-8-6-11-7-9-4-2-3-5-10(9)12-8/h2-6H,7H2,1H3. The highest BCUT2D eigenvalue weighted by Crippen LogP contribution is 2.20. The summed E-state index contributed by atoms with van der Waals surface area (Å²) in [6.07, 6.45) is 1.82. The molecule has 1 aliphatic rings. The molecular formula is C10H10N2. The van der Waals surface area contributed by atoms with E-state index in [1.807, 2.05) is 31.3 Å². The van der Waals surface area contributed by atoms with Gasteiger partial charge in [0.15, 0.2) is 0 Å². The molecule has 0 unspecified atom stereocenters. The molecule has 0 spiro atoms. The fourth-order valence-corrected chi connectivity index (χ4v) is 1.25. The molecule has 0 fully saturated rings. The summed E-state index contributed by atoms with van der Waals surface area (Å²) in [6, 6.07) is 8.10. The van der Waals surface area contributed by atoms with Crippen molar-refractivity contribution in [2.75, 3.05) is 0 Å². The van der Waals surface area contributed by atoms with Gasteiger partial charge in [-0.1, -0.05) is 18.2 Å². The Morgan fingerprint density at radius 1 is 1.25 bits per heavy atom. The minimum Gasteiger partial charge on any atom is -0.286 e. The number of para-hydroxylation sites is 1. The predicted molar refractivity (Wildman–Crippen MR) is 51.4 cm³/mol. The van der Waals surface area contributed by atoms with Crippen molar-refractivity contribution in [3.05, 3.63) is 29.8 Å². The van der Waals surface area contributed by atoms with Crippen molar-refractivity contribution in [3.8, 4) is 0 Å². The highest BCUT2D eigenvalue weighted by atomic mass is 14.8. The number of aliphatic imine (C=N–C) groups is 2. The lowest BCUT2D eigenvalue weighted by Crippen LogP contribution is -1.88. The van der Waals surface area contributed by atoms with E-state index in [2.05, 4.69) is 16.1 Å². The maximum atomic E-state index is 4.41. The third-order valence-electron chi connectivity index (χ3n) is 1.83. The second-order valence-corrected chi connectivity index (χ2v) is 2.85. The lowest BCUT2D eigenvalue weighted by molar-refractivity contribution is 1.08. The molecule has 1 aromatic carbocycles. The van der Waals surface area contributed by atoms with Crippen LogP contribution in [0.15, 0.2) is 34.3 Å². The average Bonchev–Trinajstić information content (AvgIpc) is 2.25. The minimum absolute atomic E-state index is 0.747. The number of benzene rings is 1. The van der Waals surface area contributed by atoms with Gasteiger partial charge in [0.1, 0.15) is 0 Å². The molecule has 12 heavy (non-hydrogen) atoms. The van der Waals surface area contributed by atoms with Gasteiger partial charge < -0.3 is 0 Å². The number of nitrogens with zero attached hydrogens (tertiary/aromatic N) is 2. The van der Waals surface area contributed by atoms with Crippen LogP contribution in [0, 0.1) is 0 Å². The summed E-state index contributed by atoms with van der Waals surface area (Å²) in [7, 11) is 0. The molecule has 2 nitrogen and oxygen atoms in total. The Morgan fingerprint density at radius 3 is 3.00 bits per heavy atom. The molecule has 0 bridgehead atoms. The fraction of sp³-hybridized carbons (Fsp3) is 0.200. The topological polar surface area (TPSA) is 24.7 Å². The highest BCUT2D eigenvalue weighted by Gasteiger charge is 2.01. The Bertz CT molecular complexity index is 351. The molecule has 0 aliphatic carbocycles. The van der Waals surface area contributed by atoms with Gasteiger partial charge in [-0.2, -0.15) is 0 Å². The second kappa shape index (κ2) is 2.89. The normalized spacial score (nSPS) is 14.9. The van der Waals surface area contributed by atoms with E-state index in [0.717, 1.165) is 17.9 Å². The van der Waals surface area contributed by atoms with Gasteiger partial charge in [-0.3, -0.25) is 9.98 Å².